The molecule has 0 bridgehead atoms. The maximum atomic E-state index is 13.2. The second-order valence-electron chi connectivity index (χ2n) is 7.59. The highest BCUT2D eigenvalue weighted by Gasteiger charge is 2.58. The molecule has 2 atom stereocenters. The van der Waals surface area contributed by atoms with Gasteiger partial charge in [-0.25, -0.2) is 8.42 Å². The van der Waals surface area contributed by atoms with E-state index in [0.717, 1.165) is 44.1 Å². The van der Waals surface area contributed by atoms with Gasteiger partial charge in [-0.15, -0.1) is 0 Å². The average molecular weight is 363 g/mol. The van der Waals surface area contributed by atoms with E-state index in [0.29, 0.717) is 13.0 Å². The molecule has 136 valence electrons. The van der Waals surface area contributed by atoms with E-state index in [1.54, 1.807) is 16.7 Å². The van der Waals surface area contributed by atoms with Crippen molar-refractivity contribution in [1.82, 2.24) is 14.6 Å². The highest BCUT2D eigenvalue weighted by atomic mass is 32.2. The third kappa shape index (κ3) is 3.08. The van der Waals surface area contributed by atoms with Crippen LogP contribution in [0.3, 0.4) is 0 Å². The van der Waals surface area contributed by atoms with Crippen LogP contribution in [0.4, 0.5) is 0 Å². The fourth-order valence-electron chi connectivity index (χ4n) is 4.54. The van der Waals surface area contributed by atoms with Crippen LogP contribution in [0.5, 0.6) is 0 Å². The summed E-state index contributed by atoms with van der Waals surface area (Å²) in [6.07, 6.45) is 9.36. The van der Waals surface area contributed by atoms with Crippen LogP contribution < -0.4 is 5.32 Å². The number of nitrogens with one attached hydrogen (secondary N) is 1. The number of carbonyl (C=O) groups is 1. The van der Waals surface area contributed by atoms with Gasteiger partial charge in [0.05, 0.1) is 11.2 Å². The average Bonchev–Trinajstić information content (AvgIpc) is 3.44. The van der Waals surface area contributed by atoms with Crippen molar-refractivity contribution in [2.75, 3.05) is 5.75 Å². The van der Waals surface area contributed by atoms with E-state index in [1.165, 1.54) is 0 Å². The molecule has 2 heterocycles. The SMILES string of the molecule is O=C(NCc1cccnc1)[C@@]12CCCC[C@H]1N(C1CC1)S(=O)(=O)CC2. The largest absolute Gasteiger partial charge is 0.351 e. The molecular formula is C18H25N3O3S. The predicted molar refractivity (Wildman–Crippen MR) is 94.0 cm³/mol. The van der Waals surface area contributed by atoms with Crippen molar-refractivity contribution < 1.29 is 13.2 Å². The third-order valence-electron chi connectivity index (χ3n) is 5.96. The molecule has 1 N–H and O–H groups in total. The van der Waals surface area contributed by atoms with E-state index in [-0.39, 0.29) is 23.7 Å². The summed E-state index contributed by atoms with van der Waals surface area (Å²) in [4.78, 5) is 17.3. The highest BCUT2D eigenvalue weighted by Crippen LogP contribution is 2.50. The predicted octanol–water partition coefficient (Wildman–Crippen LogP) is 1.82. The molecule has 1 aromatic heterocycles. The first-order valence-electron chi connectivity index (χ1n) is 9.21. The van der Waals surface area contributed by atoms with Crippen LogP contribution in [0.1, 0.15) is 50.5 Å². The molecule has 4 rings (SSSR count). The van der Waals surface area contributed by atoms with Crippen molar-refractivity contribution in [1.29, 1.82) is 0 Å². The molecule has 0 spiro atoms. The summed E-state index contributed by atoms with van der Waals surface area (Å²) < 4.78 is 27.0. The minimum absolute atomic E-state index is 0.0154. The van der Waals surface area contributed by atoms with E-state index in [2.05, 4.69) is 10.3 Å². The van der Waals surface area contributed by atoms with Crippen molar-refractivity contribution in [3.05, 3.63) is 30.1 Å². The Morgan fingerprint density at radius 1 is 1.28 bits per heavy atom. The third-order valence-corrected chi connectivity index (χ3v) is 7.87. The maximum absolute atomic E-state index is 13.2. The first-order valence-corrected chi connectivity index (χ1v) is 10.8. The number of rotatable bonds is 4. The van der Waals surface area contributed by atoms with Crippen LogP contribution in [0.25, 0.3) is 0 Å². The van der Waals surface area contributed by atoms with E-state index < -0.39 is 15.4 Å². The van der Waals surface area contributed by atoms with Gasteiger partial charge in [-0.3, -0.25) is 9.78 Å². The van der Waals surface area contributed by atoms with Gasteiger partial charge >= 0.3 is 0 Å². The van der Waals surface area contributed by atoms with Crippen molar-refractivity contribution >= 4 is 15.9 Å². The van der Waals surface area contributed by atoms with Crippen molar-refractivity contribution in [3.63, 3.8) is 0 Å². The quantitative estimate of drug-likeness (QED) is 0.885. The fraction of sp³-hybridized carbons (Fsp3) is 0.667. The van der Waals surface area contributed by atoms with E-state index in [9.17, 15) is 13.2 Å². The second-order valence-corrected chi connectivity index (χ2v) is 9.58. The summed E-state index contributed by atoms with van der Waals surface area (Å²) in [5, 5.41) is 3.07. The Labute approximate surface area is 149 Å². The van der Waals surface area contributed by atoms with Crippen LogP contribution in [0.2, 0.25) is 0 Å². The minimum Gasteiger partial charge on any atom is -0.351 e. The van der Waals surface area contributed by atoms with Crippen molar-refractivity contribution in [3.8, 4) is 0 Å². The maximum Gasteiger partial charge on any atom is 0.228 e. The number of carbonyl (C=O) groups excluding carboxylic acids is 1. The molecule has 25 heavy (non-hydrogen) atoms. The molecule has 0 unspecified atom stereocenters. The summed E-state index contributed by atoms with van der Waals surface area (Å²) in [6, 6.07) is 3.75. The van der Waals surface area contributed by atoms with Gasteiger partial charge in [0, 0.05) is 31.0 Å². The minimum atomic E-state index is -3.23. The van der Waals surface area contributed by atoms with Crippen LogP contribution in [0.15, 0.2) is 24.5 Å². The number of aromatic nitrogens is 1. The first-order chi connectivity index (χ1) is 12.0. The number of hydrogen-bond donors (Lipinski definition) is 1. The monoisotopic (exact) mass is 363 g/mol. The Morgan fingerprint density at radius 3 is 2.84 bits per heavy atom. The Hall–Kier alpha value is -1.47. The molecule has 1 aromatic rings. The van der Waals surface area contributed by atoms with Gasteiger partial charge in [-0.1, -0.05) is 18.9 Å². The summed E-state index contributed by atoms with van der Waals surface area (Å²) in [6.45, 7) is 0.442. The van der Waals surface area contributed by atoms with E-state index in [4.69, 9.17) is 0 Å². The molecule has 3 fully saturated rings. The summed E-state index contributed by atoms with van der Waals surface area (Å²) in [5.41, 5.74) is 0.399. The molecule has 0 aromatic carbocycles. The zero-order valence-corrected chi connectivity index (χ0v) is 15.2. The van der Waals surface area contributed by atoms with E-state index in [1.807, 2.05) is 12.1 Å². The topological polar surface area (TPSA) is 79.4 Å². The molecule has 1 aliphatic heterocycles. The lowest BCUT2D eigenvalue weighted by atomic mass is 9.67. The van der Waals surface area contributed by atoms with Crippen molar-refractivity contribution in [2.45, 2.75) is 63.6 Å². The van der Waals surface area contributed by atoms with Gasteiger partial charge in [-0.05, 0) is 43.7 Å². The number of amides is 1. The molecule has 1 saturated heterocycles. The fourth-order valence-corrected chi connectivity index (χ4v) is 6.74. The molecule has 6 nitrogen and oxygen atoms in total. The van der Waals surface area contributed by atoms with Crippen LogP contribution in [-0.4, -0.2) is 41.5 Å². The molecule has 3 aliphatic rings. The zero-order chi connectivity index (χ0) is 17.5. The van der Waals surface area contributed by atoms with Gasteiger partial charge in [0.1, 0.15) is 0 Å². The standard InChI is InChI=1S/C18H25N3O3S/c22-17(20-13-14-4-3-10-19-12-14)18-8-2-1-5-16(18)21(15-6-7-15)25(23,24)11-9-18/h3-4,10,12,15-16H,1-2,5-9,11,13H2,(H,20,22)/t16-,18-/m1/s1. The number of hydrogen-bond acceptors (Lipinski definition) is 4. The molecule has 2 saturated carbocycles. The van der Waals surface area contributed by atoms with Gasteiger partial charge in [0.15, 0.2) is 0 Å². The summed E-state index contributed by atoms with van der Waals surface area (Å²) >= 11 is 0. The molecular weight excluding hydrogens is 338 g/mol. The van der Waals surface area contributed by atoms with Crippen molar-refractivity contribution in [2.24, 2.45) is 5.41 Å². The molecule has 0 radical (unpaired) electrons. The summed E-state index contributed by atoms with van der Waals surface area (Å²) in [7, 11) is -3.23. The summed E-state index contributed by atoms with van der Waals surface area (Å²) in [5.74, 6) is 0.113. The molecule has 1 amide bonds. The Kier molecular flexibility index (Phi) is 4.32. The number of fused-ring (bicyclic) bond motifs is 1. The molecule has 7 heteroatoms. The first kappa shape index (κ1) is 17.0. The lowest BCUT2D eigenvalue weighted by Crippen LogP contribution is -2.63. The van der Waals surface area contributed by atoms with E-state index >= 15 is 0 Å². The normalized spacial score (nSPS) is 31.9. The van der Waals surface area contributed by atoms with Gasteiger partial charge in [-0.2, -0.15) is 4.31 Å². The van der Waals surface area contributed by atoms with Crippen LogP contribution >= 0.6 is 0 Å². The Bertz CT molecular complexity index is 748. The zero-order valence-electron chi connectivity index (χ0n) is 14.4. The van der Waals surface area contributed by atoms with Gasteiger partial charge in [0.25, 0.3) is 0 Å². The lowest BCUT2D eigenvalue weighted by molar-refractivity contribution is -0.137. The van der Waals surface area contributed by atoms with Gasteiger partial charge < -0.3 is 5.32 Å². The second kappa shape index (κ2) is 6.36. The number of sulfonamides is 1. The lowest BCUT2D eigenvalue weighted by Gasteiger charge is -2.51. The number of nitrogens with zero attached hydrogens (tertiary/aromatic N) is 2. The Balaban J connectivity index is 1.57. The Morgan fingerprint density at radius 2 is 2.12 bits per heavy atom. The van der Waals surface area contributed by atoms with Crippen LogP contribution in [-0.2, 0) is 21.4 Å². The van der Waals surface area contributed by atoms with Crippen LogP contribution in [0, 0.1) is 5.41 Å². The van der Waals surface area contributed by atoms with Gasteiger partial charge in [0.2, 0.25) is 15.9 Å². The highest BCUT2D eigenvalue weighted by molar-refractivity contribution is 7.89. The smallest absolute Gasteiger partial charge is 0.228 e. The number of pyridine rings is 1. The molecule has 2 aliphatic carbocycles.